The minimum Gasteiger partial charge on any atom is -0.459 e. The number of aryl methyl sites for hydroxylation is 1. The van der Waals surface area contributed by atoms with Gasteiger partial charge in [-0.15, -0.1) is 0 Å². The summed E-state index contributed by atoms with van der Waals surface area (Å²) in [6.07, 6.45) is -1.69. The van der Waals surface area contributed by atoms with Gasteiger partial charge in [-0.2, -0.15) is 0 Å². The van der Waals surface area contributed by atoms with Crippen LogP contribution in [0.5, 0.6) is 0 Å². The molecular weight excluding hydrogens is 400 g/mol. The standard InChI is InChI=1S/C20H29ClN2O6/c1-12-9-8-10-15(17(12)22-19(26)27-13(2)21)18(28-14(3)24)23(7)11-16(25)29-20(4,5)6/h8-10,13,18H,11H2,1-7H3,(H,22,26). The van der Waals surface area contributed by atoms with Crippen LogP contribution in [-0.4, -0.2) is 47.7 Å². The summed E-state index contributed by atoms with van der Waals surface area (Å²) in [5, 5.41) is 2.63. The molecule has 8 nitrogen and oxygen atoms in total. The molecule has 0 aromatic heterocycles. The number of benzene rings is 1. The van der Waals surface area contributed by atoms with Crippen LogP contribution in [0, 0.1) is 6.92 Å². The summed E-state index contributed by atoms with van der Waals surface area (Å²) in [6.45, 7) is 9.71. The molecule has 1 aromatic rings. The zero-order valence-electron chi connectivity index (χ0n) is 17.9. The Balaban J connectivity index is 3.20. The fraction of sp³-hybridized carbons (Fsp3) is 0.550. The lowest BCUT2D eigenvalue weighted by Crippen LogP contribution is -2.37. The van der Waals surface area contributed by atoms with Crippen LogP contribution in [0.3, 0.4) is 0 Å². The van der Waals surface area contributed by atoms with E-state index in [-0.39, 0.29) is 6.54 Å². The number of amides is 1. The lowest BCUT2D eigenvalue weighted by Gasteiger charge is -2.30. The number of anilines is 1. The molecule has 0 saturated carbocycles. The molecule has 0 spiro atoms. The molecule has 0 aliphatic heterocycles. The molecule has 1 amide bonds. The molecule has 29 heavy (non-hydrogen) atoms. The maximum atomic E-state index is 12.2. The van der Waals surface area contributed by atoms with Crippen molar-refractivity contribution in [1.29, 1.82) is 0 Å². The zero-order valence-corrected chi connectivity index (χ0v) is 18.6. The number of carbonyl (C=O) groups is 3. The minimum absolute atomic E-state index is 0.133. The van der Waals surface area contributed by atoms with Gasteiger partial charge in [-0.05, 0) is 47.2 Å². The van der Waals surface area contributed by atoms with Gasteiger partial charge in [0.1, 0.15) is 5.60 Å². The highest BCUT2D eigenvalue weighted by Gasteiger charge is 2.28. The van der Waals surface area contributed by atoms with Crippen molar-refractivity contribution in [2.75, 3.05) is 18.9 Å². The number of esters is 2. The smallest absolute Gasteiger partial charge is 0.413 e. The van der Waals surface area contributed by atoms with E-state index in [1.807, 2.05) is 0 Å². The van der Waals surface area contributed by atoms with E-state index in [1.54, 1.807) is 52.9 Å². The number of hydrogen-bond donors (Lipinski definition) is 1. The first-order valence-electron chi connectivity index (χ1n) is 9.10. The molecule has 0 aliphatic rings. The lowest BCUT2D eigenvalue weighted by molar-refractivity contribution is -0.166. The van der Waals surface area contributed by atoms with Gasteiger partial charge in [0.05, 0.1) is 12.2 Å². The van der Waals surface area contributed by atoms with Crippen molar-refractivity contribution in [1.82, 2.24) is 4.90 Å². The topological polar surface area (TPSA) is 94.2 Å². The monoisotopic (exact) mass is 428 g/mol. The Morgan fingerprint density at radius 2 is 1.83 bits per heavy atom. The molecule has 9 heteroatoms. The van der Waals surface area contributed by atoms with E-state index in [0.717, 1.165) is 0 Å². The molecule has 0 bridgehead atoms. The second kappa shape index (κ2) is 10.5. The maximum Gasteiger partial charge on any atom is 0.413 e. The van der Waals surface area contributed by atoms with Gasteiger partial charge in [0.15, 0.2) is 11.8 Å². The Morgan fingerprint density at radius 1 is 1.21 bits per heavy atom. The average Bonchev–Trinajstić information content (AvgIpc) is 2.51. The molecule has 0 heterocycles. The normalized spacial score (nSPS) is 13.4. The molecule has 0 saturated heterocycles. The van der Waals surface area contributed by atoms with Crippen LogP contribution < -0.4 is 5.32 Å². The number of rotatable bonds is 7. The van der Waals surface area contributed by atoms with Crippen molar-refractivity contribution in [2.24, 2.45) is 0 Å². The molecule has 1 N–H and O–H groups in total. The number of nitrogens with one attached hydrogen (secondary N) is 1. The number of para-hydroxylation sites is 1. The summed E-state index contributed by atoms with van der Waals surface area (Å²) in [7, 11) is 1.61. The number of ether oxygens (including phenoxy) is 3. The summed E-state index contributed by atoms with van der Waals surface area (Å²) >= 11 is 5.70. The van der Waals surface area contributed by atoms with Crippen molar-refractivity contribution in [3.05, 3.63) is 29.3 Å². The largest absolute Gasteiger partial charge is 0.459 e. The Kier molecular flexibility index (Phi) is 8.91. The minimum atomic E-state index is -0.941. The first-order chi connectivity index (χ1) is 13.3. The van der Waals surface area contributed by atoms with Crippen molar-refractivity contribution >= 4 is 35.3 Å². The predicted octanol–water partition coefficient (Wildman–Crippen LogP) is 3.96. The summed E-state index contributed by atoms with van der Waals surface area (Å²) in [5.41, 5.74) is 0.126. The Bertz CT molecular complexity index is 745. The fourth-order valence-corrected chi connectivity index (χ4v) is 2.64. The van der Waals surface area contributed by atoms with Gasteiger partial charge in [0.25, 0.3) is 0 Å². The first kappa shape index (κ1) is 24.7. The Hall–Kier alpha value is -2.32. The molecule has 1 aromatic carbocycles. The van der Waals surface area contributed by atoms with Crippen molar-refractivity contribution in [3.63, 3.8) is 0 Å². The number of alkyl halides is 1. The number of likely N-dealkylation sites (N-methyl/N-ethyl adjacent to an activating group) is 1. The van der Waals surface area contributed by atoms with Gasteiger partial charge in [0, 0.05) is 12.5 Å². The van der Waals surface area contributed by atoms with Gasteiger partial charge >= 0.3 is 18.0 Å². The zero-order chi connectivity index (χ0) is 22.4. The number of hydrogen-bond acceptors (Lipinski definition) is 7. The highest BCUT2D eigenvalue weighted by molar-refractivity contribution is 6.20. The van der Waals surface area contributed by atoms with Crippen molar-refractivity contribution in [2.45, 2.75) is 58.9 Å². The maximum absolute atomic E-state index is 12.2. The van der Waals surface area contributed by atoms with Gasteiger partial charge in [-0.3, -0.25) is 19.8 Å². The molecular formula is C20H29ClN2O6. The highest BCUT2D eigenvalue weighted by Crippen LogP contribution is 2.31. The second-order valence-electron chi connectivity index (χ2n) is 7.58. The van der Waals surface area contributed by atoms with Crippen LogP contribution in [-0.2, 0) is 23.8 Å². The molecule has 162 valence electrons. The first-order valence-corrected chi connectivity index (χ1v) is 9.54. The third-order valence-electron chi connectivity index (χ3n) is 3.54. The third-order valence-corrected chi connectivity index (χ3v) is 3.63. The summed E-state index contributed by atoms with van der Waals surface area (Å²) in [6, 6.07) is 5.22. The van der Waals surface area contributed by atoms with Crippen molar-refractivity contribution in [3.8, 4) is 0 Å². The van der Waals surface area contributed by atoms with Crippen LogP contribution in [0.4, 0.5) is 10.5 Å². The van der Waals surface area contributed by atoms with Crippen LogP contribution in [0.1, 0.15) is 52.0 Å². The Morgan fingerprint density at radius 3 is 2.34 bits per heavy atom. The average molecular weight is 429 g/mol. The second-order valence-corrected chi connectivity index (χ2v) is 8.19. The molecule has 0 aliphatic carbocycles. The van der Waals surface area contributed by atoms with Gasteiger partial charge in [0.2, 0.25) is 0 Å². The van der Waals surface area contributed by atoms with E-state index in [1.165, 1.54) is 18.7 Å². The molecule has 1 rings (SSSR count). The van der Waals surface area contributed by atoms with E-state index >= 15 is 0 Å². The SMILES string of the molecule is CC(=O)OC(c1cccc(C)c1NC(=O)OC(C)Cl)N(C)CC(=O)OC(C)(C)C. The number of carbonyl (C=O) groups excluding carboxylic acids is 3. The summed E-state index contributed by atoms with van der Waals surface area (Å²) < 4.78 is 15.7. The molecule has 0 radical (unpaired) electrons. The van der Waals surface area contributed by atoms with E-state index in [0.29, 0.717) is 16.8 Å². The van der Waals surface area contributed by atoms with Gasteiger partial charge in [-0.1, -0.05) is 29.8 Å². The summed E-state index contributed by atoms with van der Waals surface area (Å²) in [5.74, 6) is -1.02. The third kappa shape index (κ3) is 8.70. The van der Waals surface area contributed by atoms with Gasteiger partial charge < -0.3 is 14.2 Å². The Labute approximate surface area is 176 Å². The van der Waals surface area contributed by atoms with Gasteiger partial charge in [-0.25, -0.2) is 4.79 Å². The lowest BCUT2D eigenvalue weighted by atomic mass is 10.1. The quantitative estimate of drug-likeness (QED) is 0.304. The molecule has 0 fully saturated rings. The predicted molar refractivity (Wildman–Crippen MR) is 110 cm³/mol. The van der Waals surface area contributed by atoms with Crippen LogP contribution in [0.25, 0.3) is 0 Å². The highest BCUT2D eigenvalue weighted by atomic mass is 35.5. The molecule has 2 unspecified atom stereocenters. The van der Waals surface area contributed by atoms with Crippen LogP contribution >= 0.6 is 11.6 Å². The number of nitrogens with zero attached hydrogens (tertiary/aromatic N) is 1. The van der Waals surface area contributed by atoms with Crippen LogP contribution in [0.15, 0.2) is 18.2 Å². The van der Waals surface area contributed by atoms with E-state index in [9.17, 15) is 14.4 Å². The van der Waals surface area contributed by atoms with Crippen molar-refractivity contribution < 1.29 is 28.6 Å². The van der Waals surface area contributed by atoms with E-state index < -0.39 is 35.4 Å². The van der Waals surface area contributed by atoms with E-state index in [4.69, 9.17) is 25.8 Å². The van der Waals surface area contributed by atoms with E-state index in [2.05, 4.69) is 5.32 Å². The van der Waals surface area contributed by atoms with Crippen LogP contribution in [0.2, 0.25) is 0 Å². The molecule has 2 atom stereocenters. The number of halogens is 1. The summed E-state index contributed by atoms with van der Waals surface area (Å²) in [4.78, 5) is 37.5. The fourth-order valence-electron chi connectivity index (χ4n) is 2.55.